The normalized spacial score (nSPS) is 16.4. The van der Waals surface area contributed by atoms with Crippen LogP contribution in [0, 0.1) is 0 Å². The van der Waals surface area contributed by atoms with Crippen molar-refractivity contribution < 1.29 is 9.53 Å². The average molecular weight is 199 g/mol. The monoisotopic (exact) mass is 199 g/mol. The first-order valence-corrected chi connectivity index (χ1v) is 5.16. The van der Waals surface area contributed by atoms with Crippen molar-refractivity contribution in [3.63, 3.8) is 0 Å². The lowest BCUT2D eigenvalue weighted by atomic mass is 9.98. The molecular formula is C11H21NO2. The van der Waals surface area contributed by atoms with E-state index in [0.717, 1.165) is 12.8 Å². The lowest BCUT2D eigenvalue weighted by Gasteiger charge is -2.20. The van der Waals surface area contributed by atoms with Crippen molar-refractivity contribution in [3.8, 4) is 0 Å². The quantitative estimate of drug-likeness (QED) is 0.545. The van der Waals surface area contributed by atoms with Crippen LogP contribution in [0.1, 0.15) is 32.1 Å². The molecule has 0 aliphatic heterocycles. The third kappa shape index (κ3) is 6.66. The Hall–Kier alpha value is -0.830. The molecule has 0 atom stereocenters. The highest BCUT2D eigenvalue weighted by atomic mass is 16.5. The molecule has 0 aromatic carbocycles. The third-order valence-corrected chi connectivity index (χ3v) is 2.00. The largest absolute Gasteiger partial charge is 0.459 e. The molecule has 3 nitrogen and oxygen atoms in total. The number of hydrogen-bond acceptors (Lipinski definition) is 3. The predicted octanol–water partition coefficient (Wildman–Crippen LogP) is 1.88. The molecule has 1 N–H and O–H groups in total. The highest BCUT2D eigenvalue weighted by Crippen LogP contribution is 2.20. The summed E-state index contributed by atoms with van der Waals surface area (Å²) < 4.78 is 5.08. The number of carbonyl (C=O) groups excluding carboxylic acids is 1. The van der Waals surface area contributed by atoms with Crippen LogP contribution < -0.4 is 5.32 Å². The maximum Gasteiger partial charge on any atom is 0.330 e. The van der Waals surface area contributed by atoms with Gasteiger partial charge in [-0.3, -0.25) is 0 Å². The van der Waals surface area contributed by atoms with Crippen LogP contribution in [0.2, 0.25) is 0 Å². The number of hydrogen-bond donors (Lipinski definition) is 1. The van der Waals surface area contributed by atoms with Crippen LogP contribution in [0.5, 0.6) is 0 Å². The first-order chi connectivity index (χ1) is 6.74. The molecule has 0 aromatic rings. The predicted molar refractivity (Wildman–Crippen MR) is 58.1 cm³/mol. The van der Waals surface area contributed by atoms with Crippen LogP contribution in [-0.2, 0) is 9.53 Å². The highest BCUT2D eigenvalue weighted by molar-refractivity contribution is 5.81. The van der Waals surface area contributed by atoms with Gasteiger partial charge in [0.05, 0.1) is 0 Å². The molecule has 0 unspecified atom stereocenters. The lowest BCUT2D eigenvalue weighted by molar-refractivity contribution is -0.144. The zero-order valence-corrected chi connectivity index (χ0v) is 9.21. The fraction of sp³-hybridized carbons (Fsp3) is 0.727. The highest BCUT2D eigenvalue weighted by Gasteiger charge is 2.15. The molecule has 82 valence electrons. The maximum absolute atomic E-state index is 10.7. The van der Waals surface area contributed by atoms with Crippen LogP contribution in [0.25, 0.3) is 0 Å². The van der Waals surface area contributed by atoms with Crippen molar-refractivity contribution in [3.05, 3.63) is 12.7 Å². The first-order valence-electron chi connectivity index (χ1n) is 5.16. The minimum Gasteiger partial charge on any atom is -0.459 e. The van der Waals surface area contributed by atoms with Gasteiger partial charge in [-0.1, -0.05) is 13.0 Å². The Morgan fingerprint density at radius 1 is 1.36 bits per heavy atom. The standard InChI is InChI=1S/C9H14O2.C2H7N/c1-2-9(10)11-8-6-4-3-5-7-8;1-3-2/h2,8H,1,3-7H2;3H,1-2H3. The van der Waals surface area contributed by atoms with Gasteiger partial charge in [-0.15, -0.1) is 0 Å². The zero-order chi connectivity index (χ0) is 10.8. The topological polar surface area (TPSA) is 38.3 Å². The van der Waals surface area contributed by atoms with Gasteiger partial charge in [0.2, 0.25) is 0 Å². The molecule has 1 saturated carbocycles. The zero-order valence-electron chi connectivity index (χ0n) is 9.21. The molecule has 0 spiro atoms. The van der Waals surface area contributed by atoms with E-state index in [-0.39, 0.29) is 12.1 Å². The van der Waals surface area contributed by atoms with Gasteiger partial charge in [0.1, 0.15) is 6.10 Å². The number of esters is 1. The SMILES string of the molecule is C=CC(=O)OC1CCCCC1.CNC. The van der Waals surface area contributed by atoms with E-state index in [1.165, 1.54) is 25.3 Å². The number of rotatable bonds is 2. The summed E-state index contributed by atoms with van der Waals surface area (Å²) in [5, 5.41) is 2.75. The summed E-state index contributed by atoms with van der Waals surface area (Å²) in [5.74, 6) is -0.281. The van der Waals surface area contributed by atoms with Gasteiger partial charge in [0.15, 0.2) is 0 Å². The van der Waals surface area contributed by atoms with Crippen LogP contribution in [-0.4, -0.2) is 26.2 Å². The average Bonchev–Trinajstić information content (AvgIpc) is 2.20. The van der Waals surface area contributed by atoms with E-state index in [2.05, 4.69) is 11.9 Å². The van der Waals surface area contributed by atoms with Gasteiger partial charge in [-0.05, 0) is 39.8 Å². The molecule has 1 fully saturated rings. The molecule has 0 saturated heterocycles. The van der Waals surface area contributed by atoms with Crippen LogP contribution >= 0.6 is 0 Å². The summed E-state index contributed by atoms with van der Waals surface area (Å²) in [7, 11) is 3.75. The van der Waals surface area contributed by atoms with E-state index >= 15 is 0 Å². The smallest absolute Gasteiger partial charge is 0.330 e. The molecule has 14 heavy (non-hydrogen) atoms. The Bertz CT molecular complexity index is 163. The molecular weight excluding hydrogens is 178 g/mol. The second-order valence-electron chi connectivity index (χ2n) is 3.40. The summed E-state index contributed by atoms with van der Waals surface area (Å²) >= 11 is 0. The molecule has 0 bridgehead atoms. The Morgan fingerprint density at radius 2 is 1.86 bits per heavy atom. The van der Waals surface area contributed by atoms with Crippen LogP contribution in [0.3, 0.4) is 0 Å². The number of carbonyl (C=O) groups is 1. The van der Waals surface area contributed by atoms with E-state index in [0.29, 0.717) is 0 Å². The van der Waals surface area contributed by atoms with Gasteiger partial charge in [-0.25, -0.2) is 4.79 Å². The minimum atomic E-state index is -0.281. The van der Waals surface area contributed by atoms with Crippen molar-refractivity contribution in [2.75, 3.05) is 14.1 Å². The van der Waals surface area contributed by atoms with Crippen molar-refractivity contribution in [1.29, 1.82) is 0 Å². The van der Waals surface area contributed by atoms with E-state index in [9.17, 15) is 4.79 Å². The Labute approximate surface area is 86.5 Å². The maximum atomic E-state index is 10.7. The summed E-state index contributed by atoms with van der Waals surface area (Å²) in [6, 6.07) is 0. The molecule has 0 amide bonds. The van der Waals surface area contributed by atoms with E-state index < -0.39 is 0 Å². The summed E-state index contributed by atoms with van der Waals surface area (Å²) in [6.07, 6.45) is 7.11. The first kappa shape index (κ1) is 13.2. The van der Waals surface area contributed by atoms with E-state index in [4.69, 9.17) is 4.74 Å². The van der Waals surface area contributed by atoms with Crippen molar-refractivity contribution in [2.45, 2.75) is 38.2 Å². The van der Waals surface area contributed by atoms with Crippen molar-refractivity contribution in [1.82, 2.24) is 5.32 Å². The lowest BCUT2D eigenvalue weighted by Crippen LogP contribution is -2.19. The molecule has 0 aromatic heterocycles. The Morgan fingerprint density at radius 3 is 2.29 bits per heavy atom. The molecule has 1 aliphatic carbocycles. The van der Waals surface area contributed by atoms with Gasteiger partial charge < -0.3 is 10.1 Å². The fourth-order valence-electron chi connectivity index (χ4n) is 1.40. The Kier molecular flexibility index (Phi) is 8.24. The fourth-order valence-corrected chi connectivity index (χ4v) is 1.40. The van der Waals surface area contributed by atoms with Gasteiger partial charge >= 0.3 is 5.97 Å². The molecule has 0 radical (unpaired) electrons. The van der Waals surface area contributed by atoms with Gasteiger partial charge in [0, 0.05) is 6.08 Å². The summed E-state index contributed by atoms with van der Waals surface area (Å²) in [6.45, 7) is 3.35. The molecule has 1 aliphatic rings. The molecule has 0 heterocycles. The Balaban J connectivity index is 0.000000500. The second-order valence-corrected chi connectivity index (χ2v) is 3.40. The van der Waals surface area contributed by atoms with Crippen molar-refractivity contribution >= 4 is 5.97 Å². The van der Waals surface area contributed by atoms with Crippen molar-refractivity contribution in [2.24, 2.45) is 0 Å². The summed E-state index contributed by atoms with van der Waals surface area (Å²) in [4.78, 5) is 10.7. The third-order valence-electron chi connectivity index (χ3n) is 2.00. The number of nitrogens with one attached hydrogen (secondary N) is 1. The van der Waals surface area contributed by atoms with E-state index in [1.54, 1.807) is 0 Å². The number of ether oxygens (including phenoxy) is 1. The van der Waals surface area contributed by atoms with Crippen LogP contribution in [0.4, 0.5) is 0 Å². The summed E-state index contributed by atoms with van der Waals surface area (Å²) in [5.41, 5.74) is 0. The van der Waals surface area contributed by atoms with Gasteiger partial charge in [-0.2, -0.15) is 0 Å². The molecule has 1 rings (SSSR count). The minimum absolute atomic E-state index is 0.161. The van der Waals surface area contributed by atoms with Crippen LogP contribution in [0.15, 0.2) is 12.7 Å². The van der Waals surface area contributed by atoms with Gasteiger partial charge in [0.25, 0.3) is 0 Å². The molecule has 3 heteroatoms. The second kappa shape index (κ2) is 8.75. The van der Waals surface area contributed by atoms with E-state index in [1.807, 2.05) is 14.1 Å².